The van der Waals surface area contributed by atoms with Crippen molar-refractivity contribution in [2.75, 3.05) is 0 Å². The van der Waals surface area contributed by atoms with Gasteiger partial charge in [0.15, 0.2) is 0 Å². The number of phenolic OH excluding ortho intramolecular Hbond substituents is 1. The molecule has 0 heterocycles. The monoisotopic (exact) mass is 257 g/mol. The molecule has 1 amide bonds. The van der Waals surface area contributed by atoms with Crippen LogP contribution in [-0.4, -0.2) is 28.1 Å². The number of carbonyl (C=O) groups excluding carboxylic acids is 1. The molecule has 92 valence electrons. The molecule has 1 unspecified atom stereocenters. The van der Waals surface area contributed by atoms with E-state index in [0.717, 1.165) is 0 Å². The molecular formula is C11H12ClNO4. The molecule has 0 aliphatic rings. The van der Waals surface area contributed by atoms with Crippen LogP contribution in [0.25, 0.3) is 0 Å². The second-order valence-corrected chi connectivity index (χ2v) is 3.84. The maximum absolute atomic E-state index is 11.7. The van der Waals surface area contributed by atoms with Gasteiger partial charge in [0.2, 0.25) is 0 Å². The van der Waals surface area contributed by atoms with Crippen molar-refractivity contribution in [1.29, 1.82) is 0 Å². The normalized spacial score (nSPS) is 11.9. The number of benzene rings is 1. The Hall–Kier alpha value is -1.75. The molecule has 0 spiro atoms. The summed E-state index contributed by atoms with van der Waals surface area (Å²) in [6, 6.07) is 2.92. The molecule has 0 saturated carbocycles. The average Bonchev–Trinajstić information content (AvgIpc) is 2.28. The van der Waals surface area contributed by atoms with Gasteiger partial charge in [0, 0.05) is 0 Å². The number of carbonyl (C=O) groups is 2. The lowest BCUT2D eigenvalue weighted by Crippen LogP contribution is -2.40. The Morgan fingerprint density at radius 1 is 1.47 bits per heavy atom. The quantitative estimate of drug-likeness (QED) is 0.765. The summed E-state index contributed by atoms with van der Waals surface area (Å²) in [7, 11) is 0. The lowest BCUT2D eigenvalue weighted by atomic mass is 10.1. The number of nitrogens with one attached hydrogen (secondary N) is 1. The lowest BCUT2D eigenvalue weighted by molar-refractivity contribution is -0.139. The van der Waals surface area contributed by atoms with Crippen LogP contribution in [0.3, 0.4) is 0 Å². The maximum atomic E-state index is 11.7. The van der Waals surface area contributed by atoms with E-state index >= 15 is 0 Å². The van der Waals surface area contributed by atoms with Crippen molar-refractivity contribution in [1.82, 2.24) is 5.32 Å². The molecule has 0 radical (unpaired) electrons. The van der Waals surface area contributed by atoms with E-state index in [0.29, 0.717) is 0 Å². The molecule has 0 aliphatic heterocycles. The zero-order valence-electron chi connectivity index (χ0n) is 9.11. The molecule has 1 atom stereocenters. The van der Waals surface area contributed by atoms with Crippen LogP contribution < -0.4 is 5.32 Å². The third-order valence-electron chi connectivity index (χ3n) is 2.21. The van der Waals surface area contributed by atoms with Crippen LogP contribution >= 0.6 is 11.6 Å². The smallest absolute Gasteiger partial charge is 0.326 e. The second kappa shape index (κ2) is 5.54. The van der Waals surface area contributed by atoms with Crippen LogP contribution in [-0.2, 0) is 4.79 Å². The highest BCUT2D eigenvalue weighted by molar-refractivity contribution is 6.33. The fraction of sp³-hybridized carbons (Fsp3) is 0.273. The predicted octanol–water partition coefficient (Wildman–Crippen LogP) is 1.64. The summed E-state index contributed by atoms with van der Waals surface area (Å²) >= 11 is 5.78. The van der Waals surface area contributed by atoms with Gasteiger partial charge in [0.1, 0.15) is 11.8 Å². The number of carboxylic acid groups (broad SMARTS) is 1. The number of aromatic hydroxyl groups is 1. The fourth-order valence-electron chi connectivity index (χ4n) is 1.26. The predicted molar refractivity (Wildman–Crippen MR) is 62.3 cm³/mol. The minimum Gasteiger partial charge on any atom is -0.508 e. The summed E-state index contributed by atoms with van der Waals surface area (Å²) in [6.45, 7) is 1.64. The summed E-state index contributed by atoms with van der Waals surface area (Å²) < 4.78 is 0. The van der Waals surface area contributed by atoms with E-state index in [1.54, 1.807) is 6.92 Å². The fourth-order valence-corrected chi connectivity index (χ4v) is 1.47. The summed E-state index contributed by atoms with van der Waals surface area (Å²) in [6.07, 6.45) is 0.261. The molecule has 1 rings (SSSR count). The van der Waals surface area contributed by atoms with Gasteiger partial charge in [-0.1, -0.05) is 18.5 Å². The number of phenols is 1. The molecule has 0 fully saturated rings. The molecule has 17 heavy (non-hydrogen) atoms. The van der Waals surface area contributed by atoms with E-state index in [4.69, 9.17) is 16.7 Å². The molecule has 1 aromatic rings. The highest BCUT2D eigenvalue weighted by Crippen LogP contribution is 2.21. The van der Waals surface area contributed by atoms with Crippen LogP contribution in [0.4, 0.5) is 0 Å². The van der Waals surface area contributed by atoms with Crippen molar-refractivity contribution in [3.63, 3.8) is 0 Å². The van der Waals surface area contributed by atoms with Crippen molar-refractivity contribution in [2.24, 2.45) is 0 Å². The number of rotatable bonds is 4. The van der Waals surface area contributed by atoms with Crippen LogP contribution in [0, 0.1) is 0 Å². The highest BCUT2D eigenvalue weighted by Gasteiger charge is 2.20. The standard InChI is InChI=1S/C11H12ClNO4/c1-2-9(11(16)17)13-10(15)7-5-6(14)3-4-8(7)12/h3-5,9,14H,2H2,1H3,(H,13,15)(H,16,17). The van der Waals surface area contributed by atoms with Crippen molar-refractivity contribution in [2.45, 2.75) is 19.4 Å². The summed E-state index contributed by atoms with van der Waals surface area (Å²) in [5.74, 6) is -1.85. The van der Waals surface area contributed by atoms with Crippen LogP contribution in [0.5, 0.6) is 5.75 Å². The molecule has 0 aliphatic carbocycles. The van der Waals surface area contributed by atoms with Gasteiger partial charge in [-0.15, -0.1) is 0 Å². The van der Waals surface area contributed by atoms with Gasteiger partial charge in [-0.05, 0) is 24.6 Å². The number of amides is 1. The minimum atomic E-state index is -1.11. The average molecular weight is 258 g/mol. The molecular weight excluding hydrogens is 246 g/mol. The van der Waals surface area contributed by atoms with Crippen molar-refractivity contribution in [3.05, 3.63) is 28.8 Å². The minimum absolute atomic E-state index is 0.0476. The Kier molecular flexibility index (Phi) is 4.34. The van der Waals surface area contributed by atoms with Gasteiger partial charge in [-0.2, -0.15) is 0 Å². The number of halogens is 1. The van der Waals surface area contributed by atoms with Crippen LogP contribution in [0.2, 0.25) is 5.02 Å². The first kappa shape index (κ1) is 13.3. The van der Waals surface area contributed by atoms with E-state index in [9.17, 15) is 14.7 Å². The Balaban J connectivity index is 2.89. The zero-order valence-corrected chi connectivity index (χ0v) is 9.86. The third-order valence-corrected chi connectivity index (χ3v) is 2.54. The Bertz CT molecular complexity index is 447. The topological polar surface area (TPSA) is 86.6 Å². The summed E-state index contributed by atoms with van der Waals surface area (Å²) in [5.41, 5.74) is 0.0476. The summed E-state index contributed by atoms with van der Waals surface area (Å²) in [4.78, 5) is 22.5. The van der Waals surface area contributed by atoms with Gasteiger partial charge < -0.3 is 15.5 Å². The molecule has 0 saturated heterocycles. The van der Waals surface area contributed by atoms with Crippen LogP contribution in [0.15, 0.2) is 18.2 Å². The van der Waals surface area contributed by atoms with Crippen molar-refractivity contribution < 1.29 is 19.8 Å². The molecule has 0 bridgehead atoms. The van der Waals surface area contributed by atoms with Crippen LogP contribution in [0.1, 0.15) is 23.7 Å². The molecule has 5 nitrogen and oxygen atoms in total. The third kappa shape index (κ3) is 3.35. The number of aliphatic carboxylic acids is 1. The van der Waals surface area contributed by atoms with E-state index < -0.39 is 17.9 Å². The van der Waals surface area contributed by atoms with E-state index in [1.807, 2.05) is 0 Å². The van der Waals surface area contributed by atoms with Gasteiger partial charge in [0.25, 0.3) is 5.91 Å². The molecule has 3 N–H and O–H groups in total. The van der Waals surface area contributed by atoms with Crippen molar-refractivity contribution >= 4 is 23.5 Å². The second-order valence-electron chi connectivity index (χ2n) is 3.44. The van der Waals surface area contributed by atoms with Crippen molar-refractivity contribution in [3.8, 4) is 5.75 Å². The Morgan fingerprint density at radius 3 is 2.65 bits per heavy atom. The lowest BCUT2D eigenvalue weighted by Gasteiger charge is -2.13. The van der Waals surface area contributed by atoms with E-state index in [-0.39, 0.29) is 22.8 Å². The first-order chi connectivity index (χ1) is 7.95. The largest absolute Gasteiger partial charge is 0.508 e. The first-order valence-corrected chi connectivity index (χ1v) is 5.35. The van der Waals surface area contributed by atoms with E-state index in [1.165, 1.54) is 18.2 Å². The number of hydrogen-bond acceptors (Lipinski definition) is 3. The van der Waals surface area contributed by atoms with Gasteiger partial charge in [-0.25, -0.2) is 4.79 Å². The molecule has 1 aromatic carbocycles. The summed E-state index contributed by atoms with van der Waals surface area (Å²) in [5, 5.41) is 20.5. The zero-order chi connectivity index (χ0) is 13.0. The SMILES string of the molecule is CCC(NC(=O)c1cc(O)ccc1Cl)C(=O)O. The van der Waals surface area contributed by atoms with Gasteiger partial charge in [-0.3, -0.25) is 4.79 Å². The Morgan fingerprint density at radius 2 is 2.12 bits per heavy atom. The molecule has 0 aromatic heterocycles. The van der Waals surface area contributed by atoms with E-state index in [2.05, 4.69) is 5.32 Å². The van der Waals surface area contributed by atoms with Gasteiger partial charge >= 0.3 is 5.97 Å². The number of hydrogen-bond donors (Lipinski definition) is 3. The Labute approximate surface area is 103 Å². The van der Waals surface area contributed by atoms with Gasteiger partial charge in [0.05, 0.1) is 10.6 Å². The first-order valence-electron chi connectivity index (χ1n) is 4.98. The maximum Gasteiger partial charge on any atom is 0.326 e. The molecule has 6 heteroatoms. The highest BCUT2D eigenvalue weighted by atomic mass is 35.5. The number of carboxylic acids is 1.